The van der Waals surface area contributed by atoms with Gasteiger partial charge in [-0.05, 0) is 6.07 Å². The molecule has 5 heterocycles. The molecule has 2 aliphatic heterocycles. The van der Waals surface area contributed by atoms with Crippen LogP contribution in [-0.2, 0) is 26.9 Å². The molecule has 4 aromatic carbocycles. The van der Waals surface area contributed by atoms with Crippen molar-refractivity contribution in [3.8, 4) is 45.6 Å². The normalized spacial score (nSPS) is 12.1. The maximum absolute atomic E-state index is 12.5. The van der Waals surface area contributed by atoms with Gasteiger partial charge in [0.1, 0.15) is 27.5 Å². The minimum Gasteiger partial charge on any atom is -0.324 e. The standard InChI is InChI=1S/C32H18N8O3S.Co/c41-44(42,43)23-15-7-14-22-24(23)32-39-30-21-13-6-5-12-20(21)28(37-30)35-26-17-9-2-1-8-16(17)25(33-26)34-27-18-10-3-4-11-19(18)29(36-27)38-31(22)40-32;/h1-15H,(H,41,42,43)(H2,33,34,35,36,37,38,39,40);. The fraction of sp³-hybridized carbons (Fsp3) is 0. The number of aromatic nitrogens is 8. The number of benzene rings is 4. The van der Waals surface area contributed by atoms with Crippen LogP contribution in [0.5, 0.6) is 0 Å². The molecule has 0 aliphatic carbocycles. The summed E-state index contributed by atoms with van der Waals surface area (Å²) in [6.07, 6.45) is 0. The zero-order valence-electron chi connectivity index (χ0n) is 22.8. The third kappa shape index (κ3) is 4.17. The maximum Gasteiger partial charge on any atom is 0.295 e. The molecule has 219 valence electrons. The van der Waals surface area contributed by atoms with Gasteiger partial charge >= 0.3 is 0 Å². The summed E-state index contributed by atoms with van der Waals surface area (Å²) in [5, 5.41) is 2.36. The Bertz CT molecular complexity index is 2660. The average Bonchev–Trinajstić information content (AvgIpc) is 3.76. The Balaban J connectivity index is 0.00000300. The van der Waals surface area contributed by atoms with Gasteiger partial charge in [0.25, 0.3) is 10.1 Å². The summed E-state index contributed by atoms with van der Waals surface area (Å²) in [6.45, 7) is 0. The number of hydrogen-bond acceptors (Lipinski definition) is 8. The van der Waals surface area contributed by atoms with Crippen molar-refractivity contribution in [1.29, 1.82) is 0 Å². The zero-order valence-corrected chi connectivity index (χ0v) is 24.7. The number of hydrogen-bond donors (Lipinski definition) is 3. The van der Waals surface area contributed by atoms with E-state index in [0.29, 0.717) is 45.6 Å². The third-order valence-corrected chi connectivity index (χ3v) is 8.72. The number of aromatic amines is 2. The predicted molar refractivity (Wildman–Crippen MR) is 166 cm³/mol. The summed E-state index contributed by atoms with van der Waals surface area (Å²) >= 11 is 0. The van der Waals surface area contributed by atoms with Gasteiger partial charge in [-0.25, -0.2) is 29.9 Å². The van der Waals surface area contributed by atoms with E-state index in [9.17, 15) is 13.0 Å². The van der Waals surface area contributed by atoms with E-state index < -0.39 is 10.1 Å². The predicted octanol–water partition coefficient (Wildman–Crippen LogP) is 6.11. The Morgan fingerprint density at radius 3 is 1.31 bits per heavy atom. The van der Waals surface area contributed by atoms with Gasteiger partial charge in [-0.1, -0.05) is 84.9 Å². The van der Waals surface area contributed by atoms with Crippen LogP contribution in [0.3, 0.4) is 0 Å². The minimum atomic E-state index is -4.62. The van der Waals surface area contributed by atoms with E-state index in [1.807, 2.05) is 72.8 Å². The number of fused-ring (bicyclic) bond motifs is 20. The Labute approximate surface area is 264 Å². The molecular weight excluding hydrogens is 635 g/mol. The quantitative estimate of drug-likeness (QED) is 0.177. The van der Waals surface area contributed by atoms with Gasteiger partial charge < -0.3 is 9.97 Å². The van der Waals surface area contributed by atoms with Crippen LogP contribution < -0.4 is 0 Å². The topological polar surface area (TPSA) is 163 Å². The van der Waals surface area contributed by atoms with E-state index in [4.69, 9.17) is 29.9 Å². The van der Waals surface area contributed by atoms with Crippen molar-refractivity contribution in [2.24, 2.45) is 0 Å². The maximum atomic E-state index is 12.5. The Hall–Kier alpha value is -5.34. The van der Waals surface area contributed by atoms with E-state index in [0.717, 1.165) is 33.0 Å². The summed E-state index contributed by atoms with van der Waals surface area (Å²) in [5.41, 5.74) is 4.68. The molecule has 0 unspecified atom stereocenters. The molecule has 7 aromatic rings. The van der Waals surface area contributed by atoms with Crippen molar-refractivity contribution in [2.75, 3.05) is 0 Å². The molecule has 45 heavy (non-hydrogen) atoms. The molecule has 0 spiro atoms. The molecule has 3 aromatic heterocycles. The van der Waals surface area contributed by atoms with Crippen LogP contribution >= 0.6 is 0 Å². The fourth-order valence-electron chi connectivity index (χ4n) is 5.87. The molecule has 0 saturated heterocycles. The molecular formula is C32H18CoN8O3S. The summed E-state index contributed by atoms with van der Waals surface area (Å²) in [7, 11) is -4.62. The largest absolute Gasteiger partial charge is 0.324 e. The third-order valence-electron chi connectivity index (χ3n) is 7.82. The molecule has 0 fully saturated rings. The molecule has 3 N–H and O–H groups in total. The first kappa shape index (κ1) is 27.2. The number of nitrogens with one attached hydrogen (secondary N) is 2. The summed E-state index contributed by atoms with van der Waals surface area (Å²) in [4.78, 5) is 35.4. The van der Waals surface area contributed by atoms with Crippen molar-refractivity contribution in [3.05, 3.63) is 91.0 Å². The molecule has 0 saturated carbocycles. The van der Waals surface area contributed by atoms with E-state index >= 15 is 0 Å². The van der Waals surface area contributed by atoms with Crippen molar-refractivity contribution >= 4 is 54.3 Å². The molecule has 2 aliphatic rings. The van der Waals surface area contributed by atoms with Gasteiger partial charge in [-0.3, -0.25) is 4.55 Å². The molecule has 8 bridgehead atoms. The van der Waals surface area contributed by atoms with E-state index in [1.165, 1.54) is 6.07 Å². The summed E-state index contributed by atoms with van der Waals surface area (Å²) < 4.78 is 35.2. The second kappa shape index (κ2) is 9.83. The molecule has 1 radical (unpaired) electrons. The van der Waals surface area contributed by atoms with Gasteiger partial charge in [0.05, 0.1) is 0 Å². The first-order valence-electron chi connectivity index (χ1n) is 13.6. The second-order valence-corrected chi connectivity index (χ2v) is 11.8. The van der Waals surface area contributed by atoms with Crippen molar-refractivity contribution < 1.29 is 29.7 Å². The zero-order chi connectivity index (χ0) is 29.6. The Morgan fingerprint density at radius 1 is 0.467 bits per heavy atom. The smallest absolute Gasteiger partial charge is 0.295 e. The first-order chi connectivity index (χ1) is 21.4. The Morgan fingerprint density at radius 2 is 0.844 bits per heavy atom. The number of nitrogens with zero attached hydrogens (tertiary/aromatic N) is 6. The number of rotatable bonds is 1. The summed E-state index contributed by atoms with van der Waals surface area (Å²) in [6, 6.07) is 27.6. The average molecular weight is 654 g/mol. The first-order valence-corrected chi connectivity index (χ1v) is 15.1. The van der Waals surface area contributed by atoms with Crippen LogP contribution in [-0.4, -0.2) is 52.8 Å². The fourth-order valence-corrected chi connectivity index (χ4v) is 6.59. The Kier molecular flexibility index (Phi) is 5.95. The van der Waals surface area contributed by atoms with Gasteiger partial charge in [-0.15, -0.1) is 0 Å². The molecule has 0 amide bonds. The molecule has 9 rings (SSSR count). The van der Waals surface area contributed by atoms with Crippen molar-refractivity contribution in [3.63, 3.8) is 0 Å². The molecule has 11 nitrogen and oxygen atoms in total. The van der Waals surface area contributed by atoms with Crippen LogP contribution in [0.2, 0.25) is 0 Å². The van der Waals surface area contributed by atoms with Crippen LogP contribution in [0.1, 0.15) is 0 Å². The van der Waals surface area contributed by atoms with Gasteiger partial charge in [0, 0.05) is 60.6 Å². The monoisotopic (exact) mass is 653 g/mol. The van der Waals surface area contributed by atoms with Gasteiger partial charge in [0.2, 0.25) is 0 Å². The van der Waals surface area contributed by atoms with E-state index in [-0.39, 0.29) is 32.7 Å². The van der Waals surface area contributed by atoms with Gasteiger partial charge in [-0.2, -0.15) is 8.42 Å². The molecule has 13 heteroatoms. The van der Waals surface area contributed by atoms with E-state index in [2.05, 4.69) is 9.97 Å². The minimum absolute atomic E-state index is 0. The number of H-pyrrole nitrogens is 2. The van der Waals surface area contributed by atoms with E-state index in [1.54, 1.807) is 12.1 Å². The van der Waals surface area contributed by atoms with Crippen molar-refractivity contribution in [1.82, 2.24) is 39.9 Å². The van der Waals surface area contributed by atoms with Crippen LogP contribution in [0.25, 0.3) is 89.7 Å². The second-order valence-electron chi connectivity index (χ2n) is 10.4. The summed E-state index contributed by atoms with van der Waals surface area (Å²) in [5.74, 6) is 1.60. The van der Waals surface area contributed by atoms with Crippen LogP contribution in [0.15, 0.2) is 95.9 Å². The SMILES string of the molecule is O=S(=O)(O)c1cccc2c3nc4nc(nc5[nH]c(nc6nc(nc([nH]3)c12)-c1ccccc1-6)c1ccccc51)-c1ccccc1-4.[Co]. The van der Waals surface area contributed by atoms with Crippen molar-refractivity contribution in [2.45, 2.75) is 4.90 Å². The van der Waals surface area contributed by atoms with Crippen LogP contribution in [0, 0.1) is 0 Å². The molecule has 0 atom stereocenters. The van der Waals surface area contributed by atoms with Gasteiger partial charge in [0.15, 0.2) is 23.3 Å². The van der Waals surface area contributed by atoms with Crippen LogP contribution in [0.4, 0.5) is 0 Å².